The number of H-pyrrole nitrogens is 1. The summed E-state index contributed by atoms with van der Waals surface area (Å²) in [7, 11) is 0. The van der Waals surface area contributed by atoms with Crippen LogP contribution >= 0.6 is 11.3 Å². The molecule has 1 amide bonds. The Labute approximate surface area is 210 Å². The van der Waals surface area contributed by atoms with Crippen LogP contribution in [0.1, 0.15) is 10.4 Å². The van der Waals surface area contributed by atoms with Crippen LogP contribution in [0.5, 0.6) is 0 Å². The Bertz CT molecular complexity index is 1650. The van der Waals surface area contributed by atoms with Gasteiger partial charge in [0.1, 0.15) is 0 Å². The van der Waals surface area contributed by atoms with Gasteiger partial charge in [-0.1, -0.05) is 24.3 Å². The lowest BCUT2D eigenvalue weighted by Gasteiger charge is -2.11. The maximum Gasteiger partial charge on any atom is 0.255 e. The molecule has 0 saturated carbocycles. The van der Waals surface area contributed by atoms with E-state index < -0.39 is 0 Å². The summed E-state index contributed by atoms with van der Waals surface area (Å²) in [6.45, 7) is 0. The Morgan fingerprint density at radius 1 is 0.861 bits per heavy atom. The van der Waals surface area contributed by atoms with E-state index in [0.717, 1.165) is 38.4 Å². The van der Waals surface area contributed by atoms with Crippen LogP contribution in [-0.4, -0.2) is 31.1 Å². The topological polar surface area (TPSA) is 108 Å². The molecule has 0 atom stereocenters. The Balaban J connectivity index is 1.29. The van der Waals surface area contributed by atoms with E-state index in [0.29, 0.717) is 17.1 Å². The Morgan fingerprint density at radius 2 is 1.72 bits per heavy atom. The van der Waals surface area contributed by atoms with Crippen LogP contribution in [0, 0.1) is 0 Å². The van der Waals surface area contributed by atoms with Gasteiger partial charge in [-0.15, -0.1) is 11.3 Å². The van der Waals surface area contributed by atoms with Gasteiger partial charge in [-0.05, 0) is 53.4 Å². The summed E-state index contributed by atoms with van der Waals surface area (Å²) >= 11 is 1.59. The summed E-state index contributed by atoms with van der Waals surface area (Å²) < 4.78 is 0.972. The molecule has 0 spiro atoms. The minimum Gasteiger partial charge on any atom is -0.339 e. The van der Waals surface area contributed by atoms with Crippen molar-refractivity contribution in [2.24, 2.45) is 0 Å². The molecule has 0 fully saturated rings. The zero-order valence-corrected chi connectivity index (χ0v) is 19.7. The molecule has 4 heterocycles. The van der Waals surface area contributed by atoms with E-state index in [9.17, 15) is 4.79 Å². The van der Waals surface area contributed by atoms with Gasteiger partial charge >= 0.3 is 0 Å². The molecule has 0 saturated heterocycles. The monoisotopic (exact) mass is 489 g/mol. The van der Waals surface area contributed by atoms with E-state index >= 15 is 0 Å². The standard InChI is InChI=1S/C27H19N7OS/c35-27(18-8-11-28-12-9-18)32-22-3-1-2-19(14-22)25-33-23-10-13-36-24(23)26(34-25)31-21-6-4-17(5-7-21)20-15-29-30-16-20/h1-16H,(H,29,30)(H,32,35)(H,31,33,34). The van der Waals surface area contributed by atoms with E-state index in [-0.39, 0.29) is 5.91 Å². The quantitative estimate of drug-likeness (QED) is 0.259. The number of rotatable bonds is 6. The second kappa shape index (κ2) is 9.40. The highest BCUT2D eigenvalue weighted by molar-refractivity contribution is 7.17. The van der Waals surface area contributed by atoms with Gasteiger partial charge in [-0.2, -0.15) is 5.10 Å². The van der Waals surface area contributed by atoms with Gasteiger partial charge in [0.15, 0.2) is 11.6 Å². The number of aromatic nitrogens is 5. The third-order valence-electron chi connectivity index (χ3n) is 5.60. The van der Waals surface area contributed by atoms with Crippen LogP contribution in [-0.2, 0) is 0 Å². The Hall–Kier alpha value is -4.89. The molecule has 0 radical (unpaired) electrons. The largest absolute Gasteiger partial charge is 0.339 e. The Kier molecular flexibility index (Phi) is 5.65. The zero-order chi connectivity index (χ0) is 24.3. The highest BCUT2D eigenvalue weighted by atomic mass is 32.1. The van der Waals surface area contributed by atoms with Crippen molar-refractivity contribution in [3.8, 4) is 22.5 Å². The summed E-state index contributed by atoms with van der Waals surface area (Å²) in [5.41, 5.74) is 5.87. The summed E-state index contributed by atoms with van der Waals surface area (Å²) in [4.78, 5) is 26.1. The lowest BCUT2D eigenvalue weighted by atomic mass is 10.1. The highest BCUT2D eigenvalue weighted by Crippen LogP contribution is 2.32. The number of amides is 1. The van der Waals surface area contributed by atoms with E-state index in [1.807, 2.05) is 66.2 Å². The van der Waals surface area contributed by atoms with E-state index in [2.05, 4.69) is 25.8 Å². The van der Waals surface area contributed by atoms with Crippen molar-refractivity contribution in [2.45, 2.75) is 0 Å². The molecule has 2 aromatic carbocycles. The SMILES string of the molecule is O=C(Nc1cccc(-c2nc(Nc3ccc(-c4cn[nH]c4)cc3)c3sccc3n2)c1)c1ccncc1. The molecule has 4 aromatic heterocycles. The van der Waals surface area contributed by atoms with Crippen LogP contribution in [0.4, 0.5) is 17.2 Å². The van der Waals surface area contributed by atoms with Crippen LogP contribution in [0.3, 0.4) is 0 Å². The average Bonchev–Trinajstić information content (AvgIpc) is 3.63. The molecule has 3 N–H and O–H groups in total. The maximum atomic E-state index is 12.6. The normalized spacial score (nSPS) is 10.9. The number of nitrogens with one attached hydrogen (secondary N) is 3. The van der Waals surface area contributed by atoms with Crippen LogP contribution in [0.2, 0.25) is 0 Å². The molecule has 0 aliphatic rings. The van der Waals surface area contributed by atoms with E-state index in [1.54, 1.807) is 42.1 Å². The predicted molar refractivity (Wildman–Crippen MR) is 142 cm³/mol. The van der Waals surface area contributed by atoms with Crippen molar-refractivity contribution in [2.75, 3.05) is 10.6 Å². The molecule has 6 aromatic rings. The molecule has 6 rings (SSSR count). The average molecular weight is 490 g/mol. The number of carbonyl (C=O) groups is 1. The van der Waals surface area contributed by atoms with Gasteiger partial charge in [0.05, 0.1) is 16.4 Å². The van der Waals surface area contributed by atoms with Crippen molar-refractivity contribution >= 4 is 44.7 Å². The molecule has 8 nitrogen and oxygen atoms in total. The lowest BCUT2D eigenvalue weighted by molar-refractivity contribution is 0.102. The number of pyridine rings is 1. The molecule has 0 aliphatic heterocycles. The van der Waals surface area contributed by atoms with Gasteiger partial charge in [0.2, 0.25) is 0 Å². The number of benzene rings is 2. The first-order chi connectivity index (χ1) is 17.7. The van der Waals surface area contributed by atoms with Gasteiger partial charge in [0.25, 0.3) is 5.91 Å². The van der Waals surface area contributed by atoms with Gasteiger partial charge in [-0.25, -0.2) is 9.97 Å². The second-order valence-corrected chi connectivity index (χ2v) is 8.91. The van der Waals surface area contributed by atoms with Crippen molar-refractivity contribution in [3.05, 3.63) is 102 Å². The predicted octanol–water partition coefficient (Wildman–Crippen LogP) is 6.14. The van der Waals surface area contributed by atoms with Crippen LogP contribution in [0.25, 0.3) is 32.7 Å². The summed E-state index contributed by atoms with van der Waals surface area (Å²) in [6, 6.07) is 20.9. The lowest BCUT2D eigenvalue weighted by Crippen LogP contribution is -2.11. The molecular formula is C27H19N7OS. The molecule has 9 heteroatoms. The molecule has 36 heavy (non-hydrogen) atoms. The van der Waals surface area contributed by atoms with Crippen LogP contribution < -0.4 is 10.6 Å². The fourth-order valence-corrected chi connectivity index (χ4v) is 4.59. The van der Waals surface area contributed by atoms with Gasteiger partial charge in [-0.3, -0.25) is 14.9 Å². The number of hydrogen-bond donors (Lipinski definition) is 3. The van der Waals surface area contributed by atoms with Gasteiger partial charge < -0.3 is 10.6 Å². The third kappa shape index (κ3) is 4.42. The molecule has 0 aliphatic carbocycles. The van der Waals surface area contributed by atoms with Crippen molar-refractivity contribution in [1.29, 1.82) is 0 Å². The summed E-state index contributed by atoms with van der Waals surface area (Å²) in [5.74, 6) is 1.09. The van der Waals surface area contributed by atoms with Crippen molar-refractivity contribution in [1.82, 2.24) is 25.1 Å². The second-order valence-electron chi connectivity index (χ2n) is 7.99. The van der Waals surface area contributed by atoms with Crippen LogP contribution in [0.15, 0.2) is 96.9 Å². The highest BCUT2D eigenvalue weighted by Gasteiger charge is 2.13. The molecule has 0 bridgehead atoms. The summed E-state index contributed by atoms with van der Waals surface area (Å²) in [5, 5.41) is 15.2. The molecule has 0 unspecified atom stereocenters. The number of carbonyl (C=O) groups excluding carboxylic acids is 1. The van der Waals surface area contributed by atoms with Crippen molar-refractivity contribution in [3.63, 3.8) is 0 Å². The Morgan fingerprint density at radius 3 is 2.53 bits per heavy atom. The first kappa shape index (κ1) is 21.6. The zero-order valence-electron chi connectivity index (χ0n) is 18.8. The number of aromatic amines is 1. The number of fused-ring (bicyclic) bond motifs is 1. The van der Waals surface area contributed by atoms with E-state index in [4.69, 9.17) is 9.97 Å². The van der Waals surface area contributed by atoms with E-state index in [1.165, 1.54) is 0 Å². The molecular weight excluding hydrogens is 470 g/mol. The minimum absolute atomic E-state index is 0.204. The first-order valence-electron chi connectivity index (χ1n) is 11.2. The fourth-order valence-electron chi connectivity index (χ4n) is 3.81. The smallest absolute Gasteiger partial charge is 0.255 e. The maximum absolute atomic E-state index is 12.6. The third-order valence-corrected chi connectivity index (χ3v) is 6.51. The number of hydrogen-bond acceptors (Lipinski definition) is 7. The fraction of sp³-hybridized carbons (Fsp3) is 0. The van der Waals surface area contributed by atoms with Crippen molar-refractivity contribution < 1.29 is 4.79 Å². The number of anilines is 3. The minimum atomic E-state index is -0.204. The van der Waals surface area contributed by atoms with Gasteiger partial charge in [0, 0.05) is 46.7 Å². The summed E-state index contributed by atoms with van der Waals surface area (Å²) in [6.07, 6.45) is 6.84. The first-order valence-corrected chi connectivity index (χ1v) is 12.0. The molecule has 174 valence electrons. The number of thiophene rings is 1. The number of nitrogens with zero attached hydrogens (tertiary/aromatic N) is 4.